The number of amides is 3. The largest absolute Gasteiger partial charge is 0.501 e. The van der Waals surface area contributed by atoms with Crippen LogP contribution < -0.4 is 9.80 Å². The number of carbonyl (C=O) groups excluding carboxylic acids is 2. The lowest BCUT2D eigenvalue weighted by Gasteiger charge is -2.22. The zero-order chi connectivity index (χ0) is 25.7. The highest BCUT2D eigenvalue weighted by molar-refractivity contribution is 7.92. The van der Waals surface area contributed by atoms with E-state index < -0.39 is 38.2 Å². The van der Waals surface area contributed by atoms with Crippen LogP contribution in [-0.4, -0.2) is 55.9 Å². The minimum atomic E-state index is -5.55. The van der Waals surface area contributed by atoms with Crippen molar-refractivity contribution in [1.29, 1.82) is 0 Å². The molecule has 1 atom stereocenters. The van der Waals surface area contributed by atoms with E-state index in [1.54, 1.807) is 19.2 Å². The fourth-order valence-corrected chi connectivity index (χ4v) is 4.76. The molecule has 2 heterocycles. The lowest BCUT2D eigenvalue weighted by molar-refractivity contribution is -0.119. The predicted molar refractivity (Wildman–Crippen MR) is 124 cm³/mol. The Morgan fingerprint density at radius 2 is 1.69 bits per heavy atom. The molecule has 4 rings (SSSR count). The van der Waals surface area contributed by atoms with Gasteiger partial charge in [0.2, 0.25) is 0 Å². The molecule has 3 amide bonds. The Labute approximate surface area is 199 Å². The van der Waals surface area contributed by atoms with Crippen LogP contribution in [0.4, 0.5) is 29.3 Å². The summed E-state index contributed by atoms with van der Waals surface area (Å²) in [5.74, 6) is -0.576. The van der Waals surface area contributed by atoms with Crippen molar-refractivity contribution >= 4 is 44.1 Å². The third-order valence-corrected chi connectivity index (χ3v) is 7.35. The van der Waals surface area contributed by atoms with E-state index in [-0.39, 0.29) is 12.2 Å². The SMILES string of the molecule is CC1C(=O)N(c2ccc(S(=O)(=O)C(F)(F)F)cc2)C(=O)N1Cc1ccnc2cccc(N(C)C)c12. The van der Waals surface area contributed by atoms with Crippen molar-refractivity contribution in [2.45, 2.75) is 29.9 Å². The molecule has 1 fully saturated rings. The van der Waals surface area contributed by atoms with Gasteiger partial charge in [-0.15, -0.1) is 0 Å². The van der Waals surface area contributed by atoms with Gasteiger partial charge in [0.25, 0.3) is 15.7 Å². The first-order valence-corrected chi connectivity index (χ1v) is 11.9. The molecule has 1 unspecified atom stereocenters. The topological polar surface area (TPSA) is 90.9 Å². The molecule has 1 saturated heterocycles. The summed E-state index contributed by atoms with van der Waals surface area (Å²) in [6.07, 6.45) is 1.61. The number of alkyl halides is 3. The molecule has 35 heavy (non-hydrogen) atoms. The van der Waals surface area contributed by atoms with Crippen molar-refractivity contribution < 1.29 is 31.2 Å². The average molecular weight is 507 g/mol. The summed E-state index contributed by atoms with van der Waals surface area (Å²) in [6, 6.07) is 9.35. The van der Waals surface area contributed by atoms with Crippen LogP contribution in [0, 0.1) is 0 Å². The molecule has 1 aliphatic heterocycles. The summed E-state index contributed by atoms with van der Waals surface area (Å²) in [5.41, 5.74) is -3.12. The molecule has 0 spiro atoms. The Balaban J connectivity index is 1.67. The number of carbonyl (C=O) groups is 2. The first-order chi connectivity index (χ1) is 16.3. The van der Waals surface area contributed by atoms with Gasteiger partial charge in [0.1, 0.15) is 6.04 Å². The van der Waals surface area contributed by atoms with Gasteiger partial charge in [-0.05, 0) is 55.0 Å². The van der Waals surface area contributed by atoms with Crippen molar-refractivity contribution in [2.24, 2.45) is 0 Å². The second-order valence-corrected chi connectivity index (χ2v) is 10.2. The van der Waals surface area contributed by atoms with E-state index in [1.165, 1.54) is 4.90 Å². The van der Waals surface area contributed by atoms with Gasteiger partial charge in [0.05, 0.1) is 16.1 Å². The van der Waals surface area contributed by atoms with Crippen LogP contribution in [0.1, 0.15) is 12.5 Å². The molecule has 12 heteroatoms. The Morgan fingerprint density at radius 1 is 1.03 bits per heavy atom. The summed E-state index contributed by atoms with van der Waals surface area (Å²) in [5, 5.41) is 0.826. The van der Waals surface area contributed by atoms with Crippen molar-refractivity contribution in [2.75, 3.05) is 23.9 Å². The predicted octanol–water partition coefficient (Wildman–Crippen LogP) is 3.95. The number of halogens is 3. The molecule has 184 valence electrons. The van der Waals surface area contributed by atoms with Gasteiger partial charge in [-0.2, -0.15) is 13.2 Å². The van der Waals surface area contributed by atoms with Gasteiger partial charge in [0.15, 0.2) is 0 Å². The zero-order valence-corrected chi connectivity index (χ0v) is 19.8. The summed E-state index contributed by atoms with van der Waals surface area (Å²) in [7, 11) is -1.79. The standard InChI is InChI=1S/C23H21F3N4O4S/c1-14-21(31)30(16-7-9-17(10-8-16)35(33,34)23(24,25)26)22(32)29(14)13-15-11-12-27-18-5-4-6-19(20(15)18)28(2)3/h4-12,14H,13H2,1-3H3. The van der Waals surface area contributed by atoms with E-state index in [2.05, 4.69) is 4.98 Å². The molecule has 0 aliphatic carbocycles. The highest BCUT2D eigenvalue weighted by Gasteiger charge is 2.47. The molecule has 0 bridgehead atoms. The molecular formula is C23H21F3N4O4S. The number of aromatic nitrogens is 1. The number of fused-ring (bicyclic) bond motifs is 1. The first-order valence-electron chi connectivity index (χ1n) is 10.4. The van der Waals surface area contributed by atoms with Crippen molar-refractivity contribution in [3.8, 4) is 0 Å². The number of imide groups is 1. The van der Waals surface area contributed by atoms with Crippen LogP contribution in [0.15, 0.2) is 59.6 Å². The minimum Gasteiger partial charge on any atom is -0.377 e. The quantitative estimate of drug-likeness (QED) is 0.487. The second-order valence-electron chi connectivity index (χ2n) is 8.24. The lowest BCUT2D eigenvalue weighted by atomic mass is 10.1. The molecular weight excluding hydrogens is 485 g/mol. The van der Waals surface area contributed by atoms with Crippen LogP contribution in [0.5, 0.6) is 0 Å². The molecule has 1 aromatic heterocycles. The Morgan fingerprint density at radius 3 is 2.29 bits per heavy atom. The number of sulfone groups is 1. The van der Waals surface area contributed by atoms with Gasteiger partial charge >= 0.3 is 11.5 Å². The number of urea groups is 1. The number of rotatable bonds is 5. The number of benzene rings is 2. The first kappa shape index (κ1) is 24.5. The van der Waals surface area contributed by atoms with Crippen LogP contribution in [0.3, 0.4) is 0 Å². The molecule has 3 aromatic rings. The van der Waals surface area contributed by atoms with E-state index in [4.69, 9.17) is 0 Å². The fraction of sp³-hybridized carbons (Fsp3) is 0.261. The summed E-state index contributed by atoms with van der Waals surface area (Å²) in [6.45, 7) is 1.64. The van der Waals surface area contributed by atoms with Gasteiger partial charge in [0, 0.05) is 37.9 Å². The highest BCUT2D eigenvalue weighted by atomic mass is 32.2. The monoisotopic (exact) mass is 506 g/mol. The van der Waals surface area contributed by atoms with Crippen LogP contribution in [0.2, 0.25) is 0 Å². The van der Waals surface area contributed by atoms with E-state index in [0.29, 0.717) is 0 Å². The number of nitrogens with zero attached hydrogens (tertiary/aromatic N) is 4. The summed E-state index contributed by atoms with van der Waals surface area (Å²) < 4.78 is 61.7. The highest BCUT2D eigenvalue weighted by Crippen LogP contribution is 2.34. The lowest BCUT2D eigenvalue weighted by Crippen LogP contribution is -2.33. The Bertz CT molecular complexity index is 1420. The number of hydrogen-bond donors (Lipinski definition) is 0. The molecule has 2 aromatic carbocycles. The van der Waals surface area contributed by atoms with E-state index >= 15 is 0 Å². The summed E-state index contributed by atoms with van der Waals surface area (Å²) in [4.78, 5) is 33.7. The van der Waals surface area contributed by atoms with Crippen molar-refractivity contribution in [3.05, 3.63) is 60.3 Å². The third-order valence-electron chi connectivity index (χ3n) is 5.85. The van der Waals surface area contributed by atoms with E-state index in [1.807, 2.05) is 37.2 Å². The molecule has 8 nitrogen and oxygen atoms in total. The maximum atomic E-state index is 13.2. The minimum absolute atomic E-state index is 0.0240. The maximum Gasteiger partial charge on any atom is 0.501 e. The second kappa shape index (κ2) is 8.52. The number of anilines is 2. The third kappa shape index (κ3) is 4.07. The molecule has 1 aliphatic rings. The number of pyridine rings is 1. The van der Waals surface area contributed by atoms with Gasteiger partial charge in [-0.3, -0.25) is 9.78 Å². The van der Waals surface area contributed by atoms with Crippen LogP contribution >= 0.6 is 0 Å². The van der Waals surface area contributed by atoms with Crippen LogP contribution in [-0.2, 0) is 21.2 Å². The maximum absolute atomic E-state index is 13.2. The van der Waals surface area contributed by atoms with Crippen LogP contribution in [0.25, 0.3) is 10.9 Å². The molecule has 0 radical (unpaired) electrons. The van der Waals surface area contributed by atoms with Crippen molar-refractivity contribution in [1.82, 2.24) is 9.88 Å². The summed E-state index contributed by atoms with van der Waals surface area (Å²) >= 11 is 0. The number of hydrogen-bond acceptors (Lipinski definition) is 6. The van der Waals surface area contributed by atoms with Gasteiger partial charge < -0.3 is 9.80 Å². The Hall–Kier alpha value is -3.67. The van der Waals surface area contributed by atoms with Gasteiger partial charge in [-0.1, -0.05) is 6.07 Å². The molecule has 0 N–H and O–H groups in total. The zero-order valence-electron chi connectivity index (χ0n) is 18.9. The molecule has 0 saturated carbocycles. The van der Waals surface area contributed by atoms with E-state index in [9.17, 15) is 31.2 Å². The van der Waals surface area contributed by atoms with Crippen molar-refractivity contribution in [3.63, 3.8) is 0 Å². The van der Waals surface area contributed by atoms with E-state index in [0.717, 1.165) is 51.3 Å². The smallest absolute Gasteiger partial charge is 0.377 e. The average Bonchev–Trinajstić information content (AvgIpc) is 3.01. The van der Waals surface area contributed by atoms with Gasteiger partial charge in [-0.25, -0.2) is 18.1 Å². The fourth-order valence-electron chi connectivity index (χ4n) is 4.00. The Kier molecular flexibility index (Phi) is 5.95. The normalized spacial score (nSPS) is 16.9.